The first-order chi connectivity index (χ1) is 11.2. The van der Waals surface area contributed by atoms with E-state index in [1.54, 1.807) is 10.8 Å². The fourth-order valence-electron chi connectivity index (χ4n) is 2.94. The Bertz CT molecular complexity index is 692. The van der Waals surface area contributed by atoms with E-state index in [4.69, 9.17) is 5.26 Å². The molecule has 0 radical (unpaired) electrons. The molecule has 122 valence electrons. The Morgan fingerprint density at radius 1 is 1.26 bits per heavy atom. The van der Waals surface area contributed by atoms with Gasteiger partial charge in [-0.3, -0.25) is 4.90 Å². The summed E-state index contributed by atoms with van der Waals surface area (Å²) in [6, 6.07) is 4.37. The lowest BCUT2D eigenvalue weighted by atomic mass is 10.1. The first-order valence-corrected chi connectivity index (χ1v) is 8.24. The van der Waals surface area contributed by atoms with Crippen molar-refractivity contribution in [3.8, 4) is 6.07 Å². The molecule has 3 rings (SSSR count). The topological polar surface area (TPSA) is 73.3 Å². The zero-order chi connectivity index (χ0) is 16.2. The normalized spacial score (nSPS) is 16.2. The number of rotatable bonds is 5. The van der Waals surface area contributed by atoms with Crippen LogP contribution in [0.5, 0.6) is 0 Å². The second-order valence-electron chi connectivity index (χ2n) is 6.30. The fraction of sp³-hybridized carbons (Fsp3) is 0.625. The molecule has 2 aromatic heterocycles. The van der Waals surface area contributed by atoms with Crippen molar-refractivity contribution >= 4 is 11.3 Å². The predicted octanol–water partition coefficient (Wildman–Crippen LogP) is 1.67. The molecule has 1 saturated heterocycles. The van der Waals surface area contributed by atoms with Crippen molar-refractivity contribution in [3.05, 3.63) is 18.1 Å². The number of hydrogen-bond donors (Lipinski definition) is 0. The third-order valence-corrected chi connectivity index (χ3v) is 4.33. The predicted molar refractivity (Wildman–Crippen MR) is 88.4 cm³/mol. The van der Waals surface area contributed by atoms with Crippen molar-refractivity contribution in [1.82, 2.24) is 24.7 Å². The van der Waals surface area contributed by atoms with Gasteiger partial charge in [0.1, 0.15) is 6.33 Å². The second kappa shape index (κ2) is 6.92. The molecule has 3 heterocycles. The minimum atomic E-state index is 0.368. The molecule has 1 aliphatic heterocycles. The molecule has 0 saturated carbocycles. The molecule has 7 heteroatoms. The van der Waals surface area contributed by atoms with E-state index >= 15 is 0 Å². The van der Waals surface area contributed by atoms with E-state index in [1.165, 1.54) is 0 Å². The molecule has 0 atom stereocenters. The van der Waals surface area contributed by atoms with Gasteiger partial charge in [0.15, 0.2) is 0 Å². The van der Waals surface area contributed by atoms with Crippen molar-refractivity contribution in [2.24, 2.45) is 0 Å². The molecule has 0 aliphatic carbocycles. The van der Waals surface area contributed by atoms with Crippen LogP contribution in [0.25, 0.3) is 5.65 Å². The van der Waals surface area contributed by atoms with E-state index in [1.807, 2.05) is 0 Å². The van der Waals surface area contributed by atoms with Gasteiger partial charge in [-0.25, -0.2) is 0 Å². The monoisotopic (exact) mass is 313 g/mol. The Kier molecular flexibility index (Phi) is 4.72. The lowest BCUT2D eigenvalue weighted by Gasteiger charge is -2.36. The summed E-state index contributed by atoms with van der Waals surface area (Å²) in [6.07, 6.45) is 3.27. The molecule has 0 amide bonds. The Morgan fingerprint density at radius 3 is 2.74 bits per heavy atom. The Balaban J connectivity index is 1.74. The van der Waals surface area contributed by atoms with Crippen molar-refractivity contribution in [3.63, 3.8) is 0 Å². The number of unbranched alkanes of at least 4 members (excludes halogenated alkanes) is 1. The van der Waals surface area contributed by atoms with E-state index < -0.39 is 0 Å². The number of aromatic nitrogens is 4. The average Bonchev–Trinajstić information content (AvgIpc) is 3.03. The van der Waals surface area contributed by atoms with Gasteiger partial charge in [-0.1, -0.05) is 13.8 Å². The number of fused-ring (bicyclic) bond motifs is 1. The highest BCUT2D eigenvalue weighted by atomic mass is 15.4. The van der Waals surface area contributed by atoms with Crippen LogP contribution >= 0.6 is 0 Å². The highest BCUT2D eigenvalue weighted by molar-refractivity contribution is 5.68. The lowest BCUT2D eigenvalue weighted by Crippen LogP contribution is -2.46. The van der Waals surface area contributed by atoms with Crippen LogP contribution in [0.3, 0.4) is 0 Å². The maximum absolute atomic E-state index is 8.64. The maximum Gasteiger partial charge on any atom is 0.200 e. The molecule has 1 fully saturated rings. The average molecular weight is 313 g/mol. The summed E-state index contributed by atoms with van der Waals surface area (Å²) < 4.78 is 1.78. The van der Waals surface area contributed by atoms with Gasteiger partial charge in [0, 0.05) is 32.6 Å². The number of anilines is 1. The van der Waals surface area contributed by atoms with Crippen LogP contribution in [0.1, 0.15) is 38.3 Å². The molecule has 2 aromatic rings. The van der Waals surface area contributed by atoms with Crippen molar-refractivity contribution < 1.29 is 0 Å². The minimum Gasteiger partial charge on any atom is -0.366 e. The molecular weight excluding hydrogens is 290 g/mol. The standard InChI is InChI=1S/C16H23N7/c1-13(2)14-11-15(16-19-18-12-23(16)20-14)22-9-7-21(8-10-22)6-4-3-5-17/h11-13H,3-4,6-10H2,1-2H3. The fourth-order valence-corrected chi connectivity index (χ4v) is 2.94. The molecular formula is C16H23N7. The Hall–Kier alpha value is -2.20. The van der Waals surface area contributed by atoms with Gasteiger partial charge in [0.2, 0.25) is 5.65 Å². The van der Waals surface area contributed by atoms with Crippen LogP contribution in [-0.2, 0) is 0 Å². The highest BCUT2D eigenvalue weighted by Crippen LogP contribution is 2.24. The summed E-state index contributed by atoms with van der Waals surface area (Å²) in [7, 11) is 0. The molecule has 0 N–H and O–H groups in total. The van der Waals surface area contributed by atoms with E-state index in [0.29, 0.717) is 12.3 Å². The molecule has 0 unspecified atom stereocenters. The van der Waals surface area contributed by atoms with E-state index in [-0.39, 0.29) is 0 Å². The third kappa shape index (κ3) is 3.42. The molecule has 0 bridgehead atoms. The minimum absolute atomic E-state index is 0.368. The van der Waals surface area contributed by atoms with Crippen LogP contribution in [0.4, 0.5) is 5.69 Å². The third-order valence-electron chi connectivity index (χ3n) is 4.33. The SMILES string of the molecule is CC(C)c1cc(N2CCN(CCCC#N)CC2)c2nncn2n1. The van der Waals surface area contributed by atoms with Gasteiger partial charge in [-0.2, -0.15) is 14.9 Å². The van der Waals surface area contributed by atoms with Crippen LogP contribution in [-0.4, -0.2) is 57.4 Å². The van der Waals surface area contributed by atoms with Gasteiger partial charge >= 0.3 is 0 Å². The van der Waals surface area contributed by atoms with Crippen molar-refractivity contribution in [1.29, 1.82) is 5.26 Å². The summed E-state index contributed by atoms with van der Waals surface area (Å²) in [4.78, 5) is 4.80. The zero-order valence-corrected chi connectivity index (χ0v) is 13.8. The van der Waals surface area contributed by atoms with E-state index in [2.05, 4.69) is 51.1 Å². The van der Waals surface area contributed by atoms with Gasteiger partial charge in [0.25, 0.3) is 0 Å². The Morgan fingerprint density at radius 2 is 2.04 bits per heavy atom. The van der Waals surface area contributed by atoms with Crippen LogP contribution in [0, 0.1) is 11.3 Å². The highest BCUT2D eigenvalue weighted by Gasteiger charge is 2.21. The number of piperazine rings is 1. The molecule has 23 heavy (non-hydrogen) atoms. The zero-order valence-electron chi connectivity index (χ0n) is 13.8. The van der Waals surface area contributed by atoms with E-state index in [0.717, 1.165) is 56.2 Å². The summed E-state index contributed by atoms with van der Waals surface area (Å²) in [6.45, 7) is 9.28. The number of hydrogen-bond acceptors (Lipinski definition) is 6. The van der Waals surface area contributed by atoms with Crippen molar-refractivity contribution in [2.45, 2.75) is 32.6 Å². The number of nitrogens with zero attached hydrogens (tertiary/aromatic N) is 7. The van der Waals surface area contributed by atoms with Gasteiger partial charge in [0.05, 0.1) is 17.5 Å². The first-order valence-electron chi connectivity index (χ1n) is 8.24. The summed E-state index contributed by atoms with van der Waals surface area (Å²) in [5.41, 5.74) is 3.01. The van der Waals surface area contributed by atoms with E-state index in [9.17, 15) is 0 Å². The quantitative estimate of drug-likeness (QED) is 0.782. The molecule has 7 nitrogen and oxygen atoms in total. The van der Waals surface area contributed by atoms with Crippen LogP contribution in [0.2, 0.25) is 0 Å². The lowest BCUT2D eigenvalue weighted by molar-refractivity contribution is 0.256. The summed E-state index contributed by atoms with van der Waals surface area (Å²) in [5, 5.41) is 21.5. The van der Waals surface area contributed by atoms with Crippen LogP contribution in [0.15, 0.2) is 12.4 Å². The smallest absolute Gasteiger partial charge is 0.200 e. The number of nitriles is 1. The first kappa shape index (κ1) is 15.7. The van der Waals surface area contributed by atoms with Gasteiger partial charge in [-0.05, 0) is 24.9 Å². The maximum atomic E-state index is 8.64. The largest absolute Gasteiger partial charge is 0.366 e. The van der Waals surface area contributed by atoms with Crippen molar-refractivity contribution in [2.75, 3.05) is 37.6 Å². The summed E-state index contributed by atoms with van der Waals surface area (Å²) >= 11 is 0. The summed E-state index contributed by atoms with van der Waals surface area (Å²) in [5.74, 6) is 0.368. The molecule has 0 aromatic carbocycles. The second-order valence-corrected chi connectivity index (χ2v) is 6.30. The molecule has 0 spiro atoms. The van der Waals surface area contributed by atoms with Gasteiger partial charge in [-0.15, -0.1) is 10.2 Å². The molecule has 1 aliphatic rings. The van der Waals surface area contributed by atoms with Crippen LogP contribution < -0.4 is 4.90 Å². The van der Waals surface area contributed by atoms with Gasteiger partial charge < -0.3 is 4.90 Å². The Labute approximate surface area is 136 Å².